The molecule has 1 heterocycles. The van der Waals surface area contributed by atoms with Crippen molar-refractivity contribution in [2.24, 2.45) is 0 Å². The number of hydrogen-bond acceptors (Lipinski definition) is 3. The van der Waals surface area contributed by atoms with Gasteiger partial charge in [-0.2, -0.15) is 13.2 Å². The maximum Gasteiger partial charge on any atom is 0.419 e. The van der Waals surface area contributed by atoms with Crippen LogP contribution in [0.15, 0.2) is 18.2 Å². The molecule has 1 saturated heterocycles. The fraction of sp³-hybridized carbons (Fsp3) is 0.562. The van der Waals surface area contributed by atoms with Crippen LogP contribution in [0.5, 0.6) is 0 Å². The van der Waals surface area contributed by atoms with E-state index >= 15 is 0 Å². The first-order valence-corrected chi connectivity index (χ1v) is 7.93. The highest BCUT2D eigenvalue weighted by molar-refractivity contribution is 5.68. The Morgan fingerprint density at radius 3 is 2.64 bits per heavy atom. The van der Waals surface area contributed by atoms with Crippen LogP contribution < -0.4 is 5.32 Å². The van der Waals surface area contributed by atoms with Crippen LogP contribution in [-0.2, 0) is 16.5 Å². The minimum Gasteiger partial charge on any atom is -0.465 e. The Bertz CT molecular complexity index is 655. The van der Waals surface area contributed by atoms with Crippen LogP contribution in [0.4, 0.5) is 22.4 Å². The zero-order valence-electron chi connectivity index (χ0n) is 13.3. The lowest BCUT2D eigenvalue weighted by atomic mass is 9.99. The molecule has 1 saturated carbocycles. The highest BCUT2D eigenvalue weighted by Gasteiger charge is 2.53. The summed E-state index contributed by atoms with van der Waals surface area (Å²) in [5, 5.41) is 12.7. The number of alkyl halides is 3. The van der Waals surface area contributed by atoms with E-state index in [4.69, 9.17) is 4.74 Å². The number of nitrogens with one attached hydrogen (secondary N) is 1. The lowest BCUT2D eigenvalue weighted by Crippen LogP contribution is -2.52. The zero-order valence-corrected chi connectivity index (χ0v) is 13.3. The minimum absolute atomic E-state index is 0.0913. The normalized spacial score (nSPS) is 22.5. The number of nitrogens with zero attached hydrogens (tertiary/aromatic N) is 1. The van der Waals surface area contributed by atoms with E-state index in [1.807, 2.05) is 0 Å². The third kappa shape index (κ3) is 3.57. The van der Waals surface area contributed by atoms with Crippen molar-refractivity contribution >= 4 is 6.09 Å². The number of carboxylic acid groups (broad SMARTS) is 1. The van der Waals surface area contributed by atoms with Crippen molar-refractivity contribution in [3.8, 4) is 0 Å². The van der Waals surface area contributed by atoms with Gasteiger partial charge in [-0.3, -0.25) is 4.90 Å². The van der Waals surface area contributed by atoms with Crippen molar-refractivity contribution in [1.82, 2.24) is 10.2 Å². The summed E-state index contributed by atoms with van der Waals surface area (Å²) in [6, 6.07) is 2.48. The molecule has 0 spiro atoms. The molecule has 1 aliphatic heterocycles. The van der Waals surface area contributed by atoms with Crippen molar-refractivity contribution in [3.63, 3.8) is 0 Å². The van der Waals surface area contributed by atoms with Crippen LogP contribution in [0.3, 0.4) is 0 Å². The van der Waals surface area contributed by atoms with E-state index < -0.39 is 29.2 Å². The average Bonchev–Trinajstić information content (AvgIpc) is 3.34. The number of carbonyl (C=O) groups is 1. The molecule has 0 aromatic heterocycles. The topological polar surface area (TPSA) is 61.8 Å². The fourth-order valence-corrected chi connectivity index (χ4v) is 3.26. The molecule has 3 rings (SSSR count). The van der Waals surface area contributed by atoms with Crippen LogP contribution in [0.1, 0.15) is 24.0 Å². The predicted molar refractivity (Wildman–Crippen MR) is 79.7 cm³/mol. The summed E-state index contributed by atoms with van der Waals surface area (Å²) in [4.78, 5) is 12.9. The van der Waals surface area contributed by atoms with E-state index in [1.54, 1.807) is 0 Å². The molecule has 0 bridgehead atoms. The predicted octanol–water partition coefficient (Wildman–Crippen LogP) is 2.80. The third-order valence-corrected chi connectivity index (χ3v) is 4.68. The highest BCUT2D eigenvalue weighted by Crippen LogP contribution is 2.52. The Morgan fingerprint density at radius 2 is 2.12 bits per heavy atom. The first kappa shape index (κ1) is 17.9. The molecule has 2 N–H and O–H groups in total. The molecule has 0 unspecified atom stereocenters. The minimum atomic E-state index is -4.83. The number of halogens is 4. The molecule has 1 atom stereocenters. The first-order valence-electron chi connectivity index (χ1n) is 7.93. The van der Waals surface area contributed by atoms with Crippen molar-refractivity contribution in [1.29, 1.82) is 0 Å². The molecule has 138 valence electrons. The van der Waals surface area contributed by atoms with Gasteiger partial charge < -0.3 is 15.2 Å². The van der Waals surface area contributed by atoms with E-state index in [9.17, 15) is 27.5 Å². The van der Waals surface area contributed by atoms with Crippen molar-refractivity contribution in [3.05, 3.63) is 35.1 Å². The molecular weight excluding hydrogens is 344 g/mol. The molecule has 1 amide bonds. The lowest BCUT2D eigenvalue weighted by molar-refractivity contribution is -0.140. The van der Waals surface area contributed by atoms with Gasteiger partial charge in [0.05, 0.1) is 24.3 Å². The summed E-state index contributed by atoms with van der Waals surface area (Å²) in [6.07, 6.45) is -5.25. The average molecular weight is 362 g/mol. The van der Waals surface area contributed by atoms with Crippen LogP contribution in [0, 0.1) is 5.82 Å². The molecule has 1 aliphatic carbocycles. The summed E-state index contributed by atoms with van der Waals surface area (Å²) in [7, 11) is 0. The molecule has 5 nitrogen and oxygen atoms in total. The van der Waals surface area contributed by atoms with Gasteiger partial charge in [0.15, 0.2) is 0 Å². The quantitative estimate of drug-likeness (QED) is 0.809. The molecule has 1 aromatic rings. The first-order chi connectivity index (χ1) is 11.7. The lowest BCUT2D eigenvalue weighted by Gasteiger charge is -2.35. The molecule has 2 aliphatic rings. The highest BCUT2D eigenvalue weighted by atomic mass is 19.4. The molecule has 25 heavy (non-hydrogen) atoms. The second-order valence-electron chi connectivity index (χ2n) is 6.34. The van der Waals surface area contributed by atoms with E-state index in [2.05, 4.69) is 5.32 Å². The number of ether oxygens (including phenoxy) is 1. The van der Waals surface area contributed by atoms with Gasteiger partial charge in [0, 0.05) is 19.1 Å². The monoisotopic (exact) mass is 362 g/mol. The molecule has 2 fully saturated rings. The van der Waals surface area contributed by atoms with Crippen molar-refractivity contribution in [2.45, 2.75) is 30.6 Å². The Hall–Kier alpha value is -1.87. The van der Waals surface area contributed by atoms with Gasteiger partial charge in [-0.25, -0.2) is 9.18 Å². The van der Waals surface area contributed by atoms with Crippen molar-refractivity contribution in [2.75, 3.05) is 26.3 Å². The number of rotatable bonds is 4. The molecule has 0 radical (unpaired) electrons. The second-order valence-corrected chi connectivity index (χ2v) is 6.34. The molecule has 1 aromatic carbocycles. The second kappa shape index (κ2) is 6.45. The van der Waals surface area contributed by atoms with Crippen LogP contribution in [0.2, 0.25) is 0 Å². The summed E-state index contributed by atoms with van der Waals surface area (Å²) >= 11 is 0. The van der Waals surface area contributed by atoms with Gasteiger partial charge in [-0.1, -0.05) is 6.07 Å². The summed E-state index contributed by atoms with van der Waals surface area (Å²) in [5.41, 5.74) is -2.25. The van der Waals surface area contributed by atoms with Gasteiger partial charge in [0.2, 0.25) is 0 Å². The smallest absolute Gasteiger partial charge is 0.419 e. The van der Waals surface area contributed by atoms with Crippen molar-refractivity contribution < 1.29 is 32.2 Å². The van der Waals surface area contributed by atoms with E-state index in [0.717, 1.165) is 17.0 Å². The van der Waals surface area contributed by atoms with Gasteiger partial charge in [-0.05, 0) is 30.5 Å². The Labute approximate surface area is 141 Å². The molecular formula is C16H18F4N2O3. The van der Waals surface area contributed by atoms with Gasteiger partial charge in [-0.15, -0.1) is 0 Å². The molecule has 9 heteroatoms. The Balaban J connectivity index is 1.90. The standard InChI is InChI=1S/C16H18F4N2O3/c17-13-2-1-10(7-12(13)16(18,19)20)15(3-4-15)22(14(23)24)8-11-9-25-6-5-21-11/h1-2,7,11,21H,3-6,8-9H2,(H,23,24)/t11-/m1/s1. The SMILES string of the molecule is O=C(O)N(C[C@@H]1COCCN1)C1(c2ccc(F)c(C(F)(F)F)c2)CC1. The maximum absolute atomic E-state index is 13.5. The van der Waals surface area contributed by atoms with Crippen LogP contribution >= 0.6 is 0 Å². The third-order valence-electron chi connectivity index (χ3n) is 4.68. The summed E-state index contributed by atoms with van der Waals surface area (Å²) in [6.45, 7) is 1.53. The van der Waals surface area contributed by atoms with E-state index in [1.165, 1.54) is 6.07 Å². The van der Waals surface area contributed by atoms with Gasteiger partial charge in [0.25, 0.3) is 0 Å². The fourth-order valence-electron chi connectivity index (χ4n) is 3.26. The largest absolute Gasteiger partial charge is 0.465 e. The Morgan fingerprint density at radius 1 is 1.40 bits per heavy atom. The number of morpholine rings is 1. The number of benzene rings is 1. The van der Waals surface area contributed by atoms with Gasteiger partial charge >= 0.3 is 12.3 Å². The van der Waals surface area contributed by atoms with E-state index in [0.29, 0.717) is 32.6 Å². The van der Waals surface area contributed by atoms with E-state index in [-0.39, 0.29) is 18.2 Å². The summed E-state index contributed by atoms with van der Waals surface area (Å²) in [5.74, 6) is -1.36. The van der Waals surface area contributed by atoms with Crippen LogP contribution in [0.25, 0.3) is 0 Å². The van der Waals surface area contributed by atoms with Gasteiger partial charge in [0.1, 0.15) is 5.82 Å². The number of amides is 1. The maximum atomic E-state index is 13.5. The number of hydrogen-bond donors (Lipinski definition) is 2. The zero-order chi connectivity index (χ0) is 18.2. The Kier molecular flexibility index (Phi) is 4.63. The van der Waals surface area contributed by atoms with Crippen LogP contribution in [-0.4, -0.2) is 48.4 Å². The summed E-state index contributed by atoms with van der Waals surface area (Å²) < 4.78 is 57.8.